The highest BCUT2D eigenvalue weighted by Crippen LogP contribution is 2.60. The molecular formula is C67H66N4O10. The van der Waals surface area contributed by atoms with Crippen LogP contribution < -0.4 is 19.7 Å². The lowest BCUT2D eigenvalue weighted by Crippen LogP contribution is -2.41. The number of allylic oxidation sites excluding steroid dienone is 8. The summed E-state index contributed by atoms with van der Waals surface area (Å²) in [5.74, 6) is 7.07. The van der Waals surface area contributed by atoms with E-state index in [-0.39, 0.29) is 83.1 Å². The van der Waals surface area contributed by atoms with E-state index in [1.54, 1.807) is 37.3 Å². The van der Waals surface area contributed by atoms with E-state index in [2.05, 4.69) is 92.6 Å². The van der Waals surface area contributed by atoms with E-state index in [4.69, 9.17) is 14.2 Å². The van der Waals surface area contributed by atoms with Crippen LogP contribution in [0.2, 0.25) is 0 Å². The zero-order valence-corrected chi connectivity index (χ0v) is 45.7. The number of aliphatic hydroxyl groups is 1. The van der Waals surface area contributed by atoms with E-state index in [0.29, 0.717) is 50.8 Å². The van der Waals surface area contributed by atoms with Gasteiger partial charge in [-0.05, 0) is 127 Å². The maximum atomic E-state index is 15.3. The Bertz CT molecular complexity index is 3730. The Kier molecular flexibility index (Phi) is 14.2. The van der Waals surface area contributed by atoms with Crippen LogP contribution in [0.25, 0.3) is 10.8 Å². The number of aromatic amines is 1. The lowest BCUT2D eigenvalue weighted by molar-refractivity contribution is -0.148. The number of aromatic hydroxyl groups is 3. The molecule has 81 heavy (non-hydrogen) atoms. The highest BCUT2D eigenvalue weighted by molar-refractivity contribution is 6.00. The molecule has 0 unspecified atom stereocenters. The lowest BCUT2D eigenvalue weighted by atomic mass is 9.53. The van der Waals surface area contributed by atoms with Crippen molar-refractivity contribution in [1.29, 1.82) is 0 Å². The van der Waals surface area contributed by atoms with Crippen LogP contribution in [-0.4, -0.2) is 73.8 Å². The number of ketones is 2. The first-order chi connectivity index (χ1) is 39.3. The van der Waals surface area contributed by atoms with Gasteiger partial charge in [-0.3, -0.25) is 14.4 Å². The Morgan fingerprint density at radius 3 is 2.54 bits per heavy atom. The Morgan fingerprint density at radius 1 is 0.914 bits per heavy atom. The van der Waals surface area contributed by atoms with Gasteiger partial charge in [-0.25, -0.2) is 0 Å². The van der Waals surface area contributed by atoms with Gasteiger partial charge in [0.15, 0.2) is 11.5 Å². The fraction of sp³-hybridized carbons (Fsp3) is 0.328. The number of dihydropyridines is 1. The minimum Gasteiger partial charge on any atom is -0.508 e. The molecule has 14 nitrogen and oxygen atoms in total. The number of rotatable bonds is 9. The molecule has 2 aliphatic heterocycles. The van der Waals surface area contributed by atoms with Gasteiger partial charge in [0.2, 0.25) is 5.75 Å². The molecule has 12 rings (SSSR count). The van der Waals surface area contributed by atoms with E-state index >= 15 is 4.79 Å². The molecule has 6 aliphatic rings. The molecule has 6 bridgehead atoms. The monoisotopic (exact) mass is 1090 g/mol. The smallest absolute Gasteiger partial charge is 0.302 e. The number of nitrogens with one attached hydrogen (secondary N) is 2. The van der Waals surface area contributed by atoms with Gasteiger partial charge >= 0.3 is 5.97 Å². The second-order valence-electron chi connectivity index (χ2n) is 22.4. The molecule has 0 amide bonds. The molecule has 0 saturated carbocycles. The zero-order chi connectivity index (χ0) is 56.1. The van der Waals surface area contributed by atoms with E-state index in [0.717, 1.165) is 62.2 Å². The largest absolute Gasteiger partial charge is 0.508 e. The van der Waals surface area contributed by atoms with Crippen molar-refractivity contribution in [3.63, 3.8) is 0 Å². The number of carbonyl (C=O) groups excluding carboxylic acids is 3. The van der Waals surface area contributed by atoms with Crippen molar-refractivity contribution in [3.05, 3.63) is 184 Å². The third-order valence-electron chi connectivity index (χ3n) is 17.6. The molecule has 0 radical (unpaired) electrons. The number of fused-ring (bicyclic) bond motifs is 3. The topological polar surface area (TPSA) is 196 Å². The van der Waals surface area contributed by atoms with Crippen LogP contribution >= 0.6 is 0 Å². The van der Waals surface area contributed by atoms with E-state index in [1.807, 2.05) is 30.5 Å². The van der Waals surface area contributed by atoms with Crippen molar-refractivity contribution in [2.45, 2.75) is 108 Å². The highest BCUT2D eigenvalue weighted by Gasteiger charge is 2.51. The van der Waals surface area contributed by atoms with Crippen LogP contribution in [0.15, 0.2) is 151 Å². The SMILES string of the molecule is COc1cc([C@H]2CC(=O)C[C@H](OC(C)=O)CC[C@@]34C5=CC=C[C@@H]3CC=C[C@@H]4c3c[nH]cc3[C@@H](C#CC5)[C@H](c3cccc(O)c3)C3=CCNC(=C3)N(CCC(C)=O)c3ccc4c5c(n2cc35)CC[C@H]4O)cc(O)c1Oc1cccc(O)c1. The van der Waals surface area contributed by atoms with Crippen molar-refractivity contribution >= 4 is 34.0 Å². The number of hydrogen-bond donors (Lipinski definition) is 6. The fourth-order valence-electron chi connectivity index (χ4n) is 14.0. The Hall–Kier alpha value is -8.67. The average molecular weight is 1090 g/mol. The number of benzene rings is 4. The van der Waals surface area contributed by atoms with E-state index in [9.17, 15) is 30.0 Å². The first-order valence-electron chi connectivity index (χ1n) is 28.1. The number of aryl methyl sites for hydroxylation is 1. The number of carbonyl (C=O) groups is 3. The number of nitrogens with zero attached hydrogens (tertiary/aromatic N) is 2. The van der Waals surface area contributed by atoms with Crippen molar-refractivity contribution in [2.75, 3.05) is 25.1 Å². The summed E-state index contributed by atoms with van der Waals surface area (Å²) in [6.07, 6.45) is 23.3. The second-order valence-corrected chi connectivity index (χ2v) is 22.4. The number of ether oxygens (including phenoxy) is 3. The van der Waals surface area contributed by atoms with Gasteiger partial charge in [0.25, 0.3) is 0 Å². The fourth-order valence-corrected chi connectivity index (χ4v) is 14.0. The van der Waals surface area contributed by atoms with Crippen molar-refractivity contribution < 1.29 is 49.0 Å². The summed E-state index contributed by atoms with van der Waals surface area (Å²) in [5, 5.41) is 50.6. The number of hydrogen-bond acceptors (Lipinski definition) is 12. The molecule has 4 heterocycles. The minimum atomic E-state index is -0.791. The number of phenols is 3. The van der Waals surface area contributed by atoms with Gasteiger partial charge in [0.05, 0.1) is 30.9 Å². The molecule has 14 heteroatoms. The lowest BCUT2D eigenvalue weighted by Gasteiger charge is -2.50. The Labute approximate surface area is 470 Å². The third-order valence-corrected chi connectivity index (χ3v) is 17.6. The van der Waals surface area contributed by atoms with Gasteiger partial charge in [-0.1, -0.05) is 78.1 Å². The van der Waals surface area contributed by atoms with E-state index < -0.39 is 35.6 Å². The van der Waals surface area contributed by atoms with Crippen LogP contribution in [0.4, 0.5) is 5.69 Å². The molecule has 0 saturated heterocycles. The second kappa shape index (κ2) is 21.8. The van der Waals surface area contributed by atoms with Gasteiger partial charge in [-0.2, -0.15) is 0 Å². The summed E-state index contributed by atoms with van der Waals surface area (Å²) in [6, 6.07) is 20.1. The predicted molar refractivity (Wildman–Crippen MR) is 308 cm³/mol. The molecule has 2 aromatic heterocycles. The normalized spacial score (nSPS) is 24.8. The molecule has 4 aromatic carbocycles. The van der Waals surface area contributed by atoms with Crippen LogP contribution in [0.3, 0.4) is 0 Å². The van der Waals surface area contributed by atoms with Crippen LogP contribution in [0, 0.1) is 23.2 Å². The quantitative estimate of drug-likeness (QED) is 0.0456. The number of H-pyrrole nitrogens is 1. The molecule has 414 valence electrons. The summed E-state index contributed by atoms with van der Waals surface area (Å²) in [7, 11) is 1.47. The molecule has 0 fully saturated rings. The molecular weight excluding hydrogens is 1020 g/mol. The Balaban J connectivity index is 1.09. The Morgan fingerprint density at radius 2 is 1.74 bits per heavy atom. The summed E-state index contributed by atoms with van der Waals surface area (Å²) in [4.78, 5) is 47.4. The number of anilines is 1. The number of aliphatic hydroxyl groups excluding tert-OH is 1. The number of methoxy groups -OCH3 is 1. The minimum absolute atomic E-state index is 0.00390. The number of aromatic nitrogens is 2. The summed E-state index contributed by atoms with van der Waals surface area (Å²) >= 11 is 0. The number of esters is 1. The number of phenolic OH excluding ortho intramolecular Hbond substituents is 3. The van der Waals surface area contributed by atoms with Gasteiger partial charge in [-0.15, -0.1) is 0 Å². The maximum absolute atomic E-state index is 15.3. The summed E-state index contributed by atoms with van der Waals surface area (Å²) in [5.41, 5.74) is 7.56. The standard InChI is InChI=1S/C67H66N4O10/c1-39(72)25-28-70-57-20-19-52-60(77)22-21-58-65(52)55(57)38-71(58)59(43-30-61(78)66(62(31-43)79-3)81-49-16-8-15-47(75)33-49)35-48(76)34-50(80-40(2)73)23-26-67-44-10-5-11-45(67)13-7-18-56(67)54-37-68-36-53(54)51(17-6-12-44)64(41-9-4-14-46(74)29-41)42-24-27-69-63(70)32-42/h4-5,7-11,14-16,18-20,24,29-33,36-38,45,50-51,56,59-60,64,68-69,74-75,77-78H,12-13,21-23,25-28,34-35H2,1-3H3/t45-,50-,51-,56-,59-,60-,64-,67-/m1/s1. The summed E-state index contributed by atoms with van der Waals surface area (Å²) < 4.78 is 20.4. The van der Waals surface area contributed by atoms with Gasteiger partial charge in [0, 0.05) is 104 Å². The van der Waals surface area contributed by atoms with Crippen molar-refractivity contribution in [1.82, 2.24) is 14.9 Å². The van der Waals surface area contributed by atoms with Crippen molar-refractivity contribution in [3.8, 4) is 46.3 Å². The zero-order valence-electron chi connectivity index (χ0n) is 45.7. The van der Waals surface area contributed by atoms with Gasteiger partial charge in [0.1, 0.15) is 40.7 Å². The molecule has 4 aliphatic carbocycles. The van der Waals surface area contributed by atoms with Gasteiger partial charge < -0.3 is 54.4 Å². The average Bonchev–Trinajstić information content (AvgIpc) is 4.29. The molecule has 6 aromatic rings. The molecule has 1 spiro atoms. The predicted octanol–water partition coefficient (Wildman–Crippen LogP) is 11.8. The maximum Gasteiger partial charge on any atom is 0.302 e. The first kappa shape index (κ1) is 53.0. The highest BCUT2D eigenvalue weighted by atomic mass is 16.5. The van der Waals surface area contributed by atoms with Crippen molar-refractivity contribution in [2.24, 2.45) is 11.3 Å². The molecule has 6 N–H and O–H groups in total. The third kappa shape index (κ3) is 9.88. The van der Waals surface area contributed by atoms with Crippen LogP contribution in [0.1, 0.15) is 129 Å². The van der Waals surface area contributed by atoms with Crippen LogP contribution in [0.5, 0.6) is 34.5 Å². The molecule has 8 atom stereocenters. The van der Waals surface area contributed by atoms with E-state index in [1.165, 1.54) is 31.7 Å². The first-order valence-corrected chi connectivity index (χ1v) is 28.1. The summed E-state index contributed by atoms with van der Waals surface area (Å²) in [6.45, 7) is 3.71. The van der Waals surface area contributed by atoms with Crippen LogP contribution in [-0.2, 0) is 25.5 Å². The number of Topliss-reactive ketones (excluding diaryl/α,β-unsaturated/α-hetero) is 2.